The molecule has 3 rings (SSSR count). The number of carbonyl (C=O) groups is 1. The third-order valence-electron chi connectivity index (χ3n) is 3.15. The lowest BCUT2D eigenvalue weighted by molar-refractivity contribution is 0.0937. The van der Waals surface area contributed by atoms with E-state index >= 15 is 0 Å². The van der Waals surface area contributed by atoms with Gasteiger partial charge in [0.05, 0.1) is 0 Å². The van der Waals surface area contributed by atoms with Gasteiger partial charge in [-0.25, -0.2) is 0 Å². The van der Waals surface area contributed by atoms with E-state index in [2.05, 4.69) is 15.5 Å². The SMILES string of the molecule is Cc1c(N)cccc1-c1nc(C(=O)NC2CC2)no1. The Morgan fingerprint density at radius 3 is 3.00 bits per heavy atom. The van der Waals surface area contributed by atoms with E-state index in [0.717, 1.165) is 24.0 Å². The molecule has 1 fully saturated rings. The van der Waals surface area contributed by atoms with Gasteiger partial charge in [-0.15, -0.1) is 0 Å². The molecule has 1 aromatic carbocycles. The zero-order valence-corrected chi connectivity index (χ0v) is 10.5. The number of nitrogens with zero attached hydrogens (tertiary/aromatic N) is 2. The van der Waals surface area contributed by atoms with Crippen LogP contribution in [-0.4, -0.2) is 22.1 Å². The molecule has 0 bridgehead atoms. The van der Waals surface area contributed by atoms with Gasteiger partial charge >= 0.3 is 0 Å². The van der Waals surface area contributed by atoms with Gasteiger partial charge in [-0.3, -0.25) is 4.79 Å². The second kappa shape index (κ2) is 4.38. The standard InChI is InChI=1S/C13H14N4O2/c1-7-9(3-2-4-10(7)14)13-16-11(17-19-13)12(18)15-8-5-6-8/h2-4,8H,5-6,14H2,1H3,(H,15,18). The Balaban J connectivity index is 1.87. The minimum atomic E-state index is -0.293. The van der Waals surface area contributed by atoms with Crippen molar-refractivity contribution in [2.75, 3.05) is 5.73 Å². The van der Waals surface area contributed by atoms with E-state index in [4.69, 9.17) is 10.3 Å². The fourth-order valence-electron chi connectivity index (χ4n) is 1.79. The minimum Gasteiger partial charge on any atom is -0.398 e. The van der Waals surface area contributed by atoms with Crippen molar-refractivity contribution < 1.29 is 9.32 Å². The third-order valence-corrected chi connectivity index (χ3v) is 3.15. The molecule has 1 aliphatic carbocycles. The second-order valence-electron chi connectivity index (χ2n) is 4.69. The highest BCUT2D eigenvalue weighted by molar-refractivity contribution is 5.91. The van der Waals surface area contributed by atoms with Gasteiger partial charge in [0, 0.05) is 17.3 Å². The number of nitrogens with two attached hydrogens (primary N) is 1. The second-order valence-corrected chi connectivity index (χ2v) is 4.69. The van der Waals surface area contributed by atoms with Gasteiger partial charge in [0.1, 0.15) is 0 Å². The maximum absolute atomic E-state index is 11.8. The molecule has 0 unspecified atom stereocenters. The van der Waals surface area contributed by atoms with Crippen molar-refractivity contribution >= 4 is 11.6 Å². The number of rotatable bonds is 3. The van der Waals surface area contributed by atoms with Crippen molar-refractivity contribution in [2.24, 2.45) is 0 Å². The molecule has 1 amide bonds. The number of benzene rings is 1. The molecule has 3 N–H and O–H groups in total. The van der Waals surface area contributed by atoms with E-state index < -0.39 is 0 Å². The van der Waals surface area contributed by atoms with Gasteiger partial charge < -0.3 is 15.6 Å². The van der Waals surface area contributed by atoms with Crippen LogP contribution in [0.3, 0.4) is 0 Å². The Bertz CT molecular complexity index is 631. The van der Waals surface area contributed by atoms with E-state index in [-0.39, 0.29) is 17.8 Å². The molecule has 0 saturated heterocycles. The Kier molecular flexibility index (Phi) is 2.70. The fraction of sp³-hybridized carbons (Fsp3) is 0.308. The zero-order valence-electron chi connectivity index (χ0n) is 10.5. The first-order chi connectivity index (χ1) is 9.15. The Hall–Kier alpha value is -2.37. The first-order valence-electron chi connectivity index (χ1n) is 6.15. The maximum atomic E-state index is 11.8. The Morgan fingerprint density at radius 2 is 2.26 bits per heavy atom. The van der Waals surface area contributed by atoms with Crippen LogP contribution in [0.15, 0.2) is 22.7 Å². The van der Waals surface area contributed by atoms with Gasteiger partial charge in [0.25, 0.3) is 17.6 Å². The largest absolute Gasteiger partial charge is 0.398 e. The number of amides is 1. The summed E-state index contributed by atoms with van der Waals surface area (Å²) in [5.74, 6) is 0.0773. The molecule has 0 spiro atoms. The molecule has 19 heavy (non-hydrogen) atoms. The van der Waals surface area contributed by atoms with Crippen LogP contribution in [0.4, 0.5) is 5.69 Å². The van der Waals surface area contributed by atoms with E-state index in [0.29, 0.717) is 11.6 Å². The Morgan fingerprint density at radius 1 is 1.47 bits per heavy atom. The lowest BCUT2D eigenvalue weighted by atomic mass is 10.1. The summed E-state index contributed by atoms with van der Waals surface area (Å²) in [5, 5.41) is 6.52. The summed E-state index contributed by atoms with van der Waals surface area (Å²) < 4.78 is 5.13. The van der Waals surface area contributed by atoms with Gasteiger partial charge in [-0.2, -0.15) is 4.98 Å². The highest BCUT2D eigenvalue weighted by Gasteiger charge is 2.26. The predicted octanol–water partition coefficient (Wildman–Crippen LogP) is 1.52. The van der Waals surface area contributed by atoms with E-state index in [1.165, 1.54) is 0 Å². The van der Waals surface area contributed by atoms with Crippen LogP contribution in [0.5, 0.6) is 0 Å². The van der Waals surface area contributed by atoms with Crippen molar-refractivity contribution in [3.8, 4) is 11.5 Å². The lowest BCUT2D eigenvalue weighted by Crippen LogP contribution is -2.26. The monoisotopic (exact) mass is 258 g/mol. The van der Waals surface area contributed by atoms with Gasteiger partial charge in [0.15, 0.2) is 0 Å². The lowest BCUT2D eigenvalue weighted by Gasteiger charge is -2.03. The number of anilines is 1. The molecule has 1 aromatic heterocycles. The van der Waals surface area contributed by atoms with Gasteiger partial charge in [-0.05, 0) is 37.5 Å². The third kappa shape index (κ3) is 2.29. The van der Waals surface area contributed by atoms with E-state index in [1.54, 1.807) is 6.07 Å². The average Bonchev–Trinajstić information content (AvgIpc) is 3.06. The summed E-state index contributed by atoms with van der Waals surface area (Å²) in [6, 6.07) is 5.72. The van der Waals surface area contributed by atoms with Crippen LogP contribution >= 0.6 is 0 Å². The smallest absolute Gasteiger partial charge is 0.292 e. The molecule has 98 valence electrons. The van der Waals surface area contributed by atoms with Gasteiger partial charge in [-0.1, -0.05) is 11.2 Å². The van der Waals surface area contributed by atoms with Crippen LogP contribution in [-0.2, 0) is 0 Å². The molecule has 1 saturated carbocycles. The van der Waals surface area contributed by atoms with Crippen molar-refractivity contribution in [3.05, 3.63) is 29.6 Å². The summed E-state index contributed by atoms with van der Waals surface area (Å²) in [7, 11) is 0. The highest BCUT2D eigenvalue weighted by atomic mass is 16.5. The van der Waals surface area contributed by atoms with Crippen molar-refractivity contribution in [1.29, 1.82) is 0 Å². The maximum Gasteiger partial charge on any atom is 0.292 e. The molecule has 6 heteroatoms. The van der Waals surface area contributed by atoms with Crippen LogP contribution < -0.4 is 11.1 Å². The van der Waals surface area contributed by atoms with Crippen LogP contribution in [0.25, 0.3) is 11.5 Å². The summed E-state index contributed by atoms with van der Waals surface area (Å²) in [6.07, 6.45) is 2.04. The molecule has 0 atom stereocenters. The quantitative estimate of drug-likeness (QED) is 0.814. The first-order valence-corrected chi connectivity index (χ1v) is 6.15. The number of hydrogen-bond acceptors (Lipinski definition) is 5. The molecule has 0 aliphatic heterocycles. The zero-order chi connectivity index (χ0) is 13.4. The summed E-state index contributed by atoms with van der Waals surface area (Å²) in [5.41, 5.74) is 8.09. The molecule has 1 heterocycles. The van der Waals surface area contributed by atoms with E-state index in [9.17, 15) is 4.79 Å². The number of carbonyl (C=O) groups excluding carboxylic acids is 1. The van der Waals surface area contributed by atoms with Crippen LogP contribution in [0.2, 0.25) is 0 Å². The van der Waals surface area contributed by atoms with Crippen molar-refractivity contribution in [2.45, 2.75) is 25.8 Å². The molecule has 2 aromatic rings. The predicted molar refractivity (Wildman–Crippen MR) is 69.4 cm³/mol. The first kappa shape index (κ1) is 11.7. The van der Waals surface area contributed by atoms with E-state index in [1.807, 2.05) is 19.1 Å². The number of nitrogen functional groups attached to an aromatic ring is 1. The number of hydrogen-bond donors (Lipinski definition) is 2. The number of nitrogens with one attached hydrogen (secondary N) is 1. The normalized spacial score (nSPS) is 14.4. The van der Waals surface area contributed by atoms with Crippen LogP contribution in [0.1, 0.15) is 29.0 Å². The van der Waals surface area contributed by atoms with Crippen LogP contribution in [0, 0.1) is 6.92 Å². The molecular formula is C13H14N4O2. The average molecular weight is 258 g/mol. The highest BCUT2D eigenvalue weighted by Crippen LogP contribution is 2.25. The van der Waals surface area contributed by atoms with Gasteiger partial charge in [0.2, 0.25) is 0 Å². The molecule has 6 nitrogen and oxygen atoms in total. The fourth-order valence-corrected chi connectivity index (χ4v) is 1.79. The molecule has 1 aliphatic rings. The topological polar surface area (TPSA) is 94.0 Å². The van der Waals surface area contributed by atoms with Crippen molar-refractivity contribution in [3.63, 3.8) is 0 Å². The molecule has 0 radical (unpaired) electrons. The summed E-state index contributed by atoms with van der Waals surface area (Å²) in [4.78, 5) is 15.9. The minimum absolute atomic E-state index is 0.0590. The molecular weight excluding hydrogens is 244 g/mol. The van der Waals surface area contributed by atoms with Crippen molar-refractivity contribution in [1.82, 2.24) is 15.5 Å². The Labute approximate surface area is 110 Å². The number of aromatic nitrogens is 2. The summed E-state index contributed by atoms with van der Waals surface area (Å²) in [6.45, 7) is 1.87. The summed E-state index contributed by atoms with van der Waals surface area (Å²) >= 11 is 0.